The molecule has 1 aliphatic rings. The van der Waals surface area contributed by atoms with Gasteiger partial charge in [0.1, 0.15) is 5.82 Å². The average Bonchev–Trinajstić information content (AvgIpc) is 2.32. The Morgan fingerprint density at radius 3 is 3.19 bits per heavy atom. The molecule has 0 saturated carbocycles. The summed E-state index contributed by atoms with van der Waals surface area (Å²) in [7, 11) is 0. The smallest absolute Gasteiger partial charge is 0.224 e. The van der Waals surface area contributed by atoms with Gasteiger partial charge in [0.05, 0.1) is 25.9 Å². The van der Waals surface area contributed by atoms with Crippen LogP contribution in [0.4, 0.5) is 5.82 Å². The molecule has 0 aromatic carbocycles. The lowest BCUT2D eigenvalue weighted by atomic mass is 10.3. The minimum absolute atomic E-state index is 0.0712. The van der Waals surface area contributed by atoms with Crippen LogP contribution in [0.1, 0.15) is 5.56 Å². The molecule has 1 fully saturated rings. The molecule has 1 aliphatic heterocycles. The van der Waals surface area contributed by atoms with Crippen LogP contribution in [-0.2, 0) is 9.47 Å². The Morgan fingerprint density at radius 2 is 2.44 bits per heavy atom. The summed E-state index contributed by atoms with van der Waals surface area (Å²) in [6.07, 6.45) is 1.76. The highest BCUT2D eigenvalue weighted by Gasteiger charge is 2.14. The maximum atomic E-state index is 5.72. The predicted molar refractivity (Wildman–Crippen MR) is 60.8 cm³/mol. The Hall–Kier alpha value is -0.910. The van der Waals surface area contributed by atoms with E-state index in [9.17, 15) is 0 Å². The molecular weight excluding hydrogens is 230 g/mol. The molecule has 2 rings (SSSR count). The lowest BCUT2D eigenvalue weighted by Gasteiger charge is -2.23. The van der Waals surface area contributed by atoms with Gasteiger partial charge in [-0.15, -0.1) is 0 Å². The molecule has 1 unspecified atom stereocenters. The standard InChI is InChI=1S/C10H14ClN3O2/c1-7-4-13-10(11)14-9(7)12-5-8-6-15-2-3-16-8/h4,8H,2-3,5-6H2,1H3,(H,12,13,14). The van der Waals surface area contributed by atoms with Gasteiger partial charge in [0.2, 0.25) is 5.28 Å². The number of aromatic nitrogens is 2. The van der Waals surface area contributed by atoms with Crippen LogP contribution >= 0.6 is 11.6 Å². The van der Waals surface area contributed by atoms with Crippen LogP contribution in [-0.4, -0.2) is 42.4 Å². The van der Waals surface area contributed by atoms with Gasteiger partial charge in [-0.05, 0) is 18.5 Å². The topological polar surface area (TPSA) is 56.3 Å². The van der Waals surface area contributed by atoms with Crippen LogP contribution in [0.2, 0.25) is 5.28 Å². The van der Waals surface area contributed by atoms with Gasteiger partial charge in [-0.25, -0.2) is 9.97 Å². The molecule has 0 radical (unpaired) electrons. The fourth-order valence-corrected chi connectivity index (χ4v) is 1.60. The van der Waals surface area contributed by atoms with Crippen molar-refractivity contribution in [1.82, 2.24) is 9.97 Å². The van der Waals surface area contributed by atoms with Gasteiger partial charge in [-0.3, -0.25) is 0 Å². The maximum Gasteiger partial charge on any atom is 0.224 e. The van der Waals surface area contributed by atoms with Crippen molar-refractivity contribution in [1.29, 1.82) is 0 Å². The highest BCUT2D eigenvalue weighted by molar-refractivity contribution is 6.28. The van der Waals surface area contributed by atoms with Crippen molar-refractivity contribution in [2.24, 2.45) is 0 Å². The Bertz CT molecular complexity index is 356. The third-order valence-electron chi connectivity index (χ3n) is 2.32. The molecule has 2 heterocycles. The molecule has 88 valence electrons. The summed E-state index contributed by atoms with van der Waals surface area (Å²) in [5.41, 5.74) is 0.959. The molecule has 0 bridgehead atoms. The number of hydrogen-bond acceptors (Lipinski definition) is 5. The molecule has 1 aromatic heterocycles. The molecular formula is C10H14ClN3O2. The zero-order chi connectivity index (χ0) is 11.4. The normalized spacial score (nSPS) is 20.8. The predicted octanol–water partition coefficient (Wildman–Crippen LogP) is 1.27. The van der Waals surface area contributed by atoms with E-state index in [2.05, 4.69) is 15.3 Å². The van der Waals surface area contributed by atoms with Crippen LogP contribution in [0, 0.1) is 6.92 Å². The highest BCUT2D eigenvalue weighted by Crippen LogP contribution is 2.13. The van der Waals surface area contributed by atoms with Crippen LogP contribution in [0.25, 0.3) is 0 Å². The molecule has 1 aromatic rings. The number of nitrogens with one attached hydrogen (secondary N) is 1. The lowest BCUT2D eigenvalue weighted by molar-refractivity contribution is -0.0819. The van der Waals surface area contributed by atoms with Gasteiger partial charge in [0.25, 0.3) is 0 Å². The summed E-state index contributed by atoms with van der Waals surface area (Å²) in [6, 6.07) is 0. The van der Waals surface area contributed by atoms with Gasteiger partial charge >= 0.3 is 0 Å². The van der Waals surface area contributed by atoms with Crippen molar-refractivity contribution >= 4 is 17.4 Å². The van der Waals surface area contributed by atoms with Gasteiger partial charge < -0.3 is 14.8 Å². The third kappa shape index (κ3) is 3.04. The number of rotatable bonds is 3. The van der Waals surface area contributed by atoms with E-state index in [1.165, 1.54) is 0 Å². The van der Waals surface area contributed by atoms with Gasteiger partial charge in [0, 0.05) is 18.3 Å². The van der Waals surface area contributed by atoms with E-state index in [4.69, 9.17) is 21.1 Å². The van der Waals surface area contributed by atoms with E-state index in [1.807, 2.05) is 6.92 Å². The lowest BCUT2D eigenvalue weighted by Crippen LogP contribution is -2.34. The zero-order valence-corrected chi connectivity index (χ0v) is 9.83. The molecule has 1 atom stereocenters. The Kier molecular flexibility index (Phi) is 3.93. The fraction of sp³-hybridized carbons (Fsp3) is 0.600. The summed E-state index contributed by atoms with van der Waals surface area (Å²) >= 11 is 5.72. The molecule has 16 heavy (non-hydrogen) atoms. The quantitative estimate of drug-likeness (QED) is 0.811. The van der Waals surface area contributed by atoms with Gasteiger partial charge in [-0.1, -0.05) is 0 Å². The first kappa shape index (κ1) is 11.6. The first-order chi connectivity index (χ1) is 7.75. The SMILES string of the molecule is Cc1cnc(Cl)nc1NCC1COCCO1. The van der Waals surface area contributed by atoms with Crippen LogP contribution in [0.3, 0.4) is 0 Å². The molecule has 6 heteroatoms. The van der Waals surface area contributed by atoms with Crippen LogP contribution in [0.15, 0.2) is 6.20 Å². The summed E-state index contributed by atoms with van der Waals surface area (Å²) in [5, 5.41) is 3.43. The van der Waals surface area contributed by atoms with Crippen molar-refractivity contribution in [3.63, 3.8) is 0 Å². The molecule has 1 N–H and O–H groups in total. The van der Waals surface area contributed by atoms with Crippen molar-refractivity contribution in [3.8, 4) is 0 Å². The largest absolute Gasteiger partial charge is 0.376 e. The Morgan fingerprint density at radius 1 is 1.56 bits per heavy atom. The van der Waals surface area contributed by atoms with E-state index in [-0.39, 0.29) is 11.4 Å². The van der Waals surface area contributed by atoms with Crippen molar-refractivity contribution in [2.45, 2.75) is 13.0 Å². The number of ether oxygens (including phenoxy) is 2. The van der Waals surface area contributed by atoms with E-state index in [0.29, 0.717) is 26.4 Å². The summed E-state index contributed by atoms with van der Waals surface area (Å²) in [6.45, 7) is 4.53. The minimum atomic E-state index is 0.0712. The Balaban J connectivity index is 1.90. The van der Waals surface area contributed by atoms with Crippen molar-refractivity contribution in [2.75, 3.05) is 31.7 Å². The summed E-state index contributed by atoms with van der Waals surface area (Å²) in [4.78, 5) is 8.00. The molecule has 0 spiro atoms. The monoisotopic (exact) mass is 243 g/mol. The maximum absolute atomic E-state index is 5.72. The van der Waals surface area contributed by atoms with Gasteiger partial charge in [0.15, 0.2) is 0 Å². The second-order valence-electron chi connectivity index (χ2n) is 3.62. The highest BCUT2D eigenvalue weighted by atomic mass is 35.5. The van der Waals surface area contributed by atoms with E-state index >= 15 is 0 Å². The number of nitrogens with zero attached hydrogens (tertiary/aromatic N) is 2. The fourth-order valence-electron chi connectivity index (χ4n) is 1.46. The number of aryl methyl sites for hydroxylation is 1. The number of halogens is 1. The van der Waals surface area contributed by atoms with Gasteiger partial charge in [-0.2, -0.15) is 0 Å². The minimum Gasteiger partial charge on any atom is -0.376 e. The molecule has 0 aliphatic carbocycles. The van der Waals surface area contributed by atoms with Crippen LogP contribution in [0.5, 0.6) is 0 Å². The van der Waals surface area contributed by atoms with E-state index in [0.717, 1.165) is 11.4 Å². The molecule has 5 nitrogen and oxygen atoms in total. The molecule has 1 saturated heterocycles. The number of hydrogen-bond donors (Lipinski definition) is 1. The second kappa shape index (κ2) is 5.43. The van der Waals surface area contributed by atoms with E-state index in [1.54, 1.807) is 6.20 Å². The van der Waals surface area contributed by atoms with Crippen molar-refractivity contribution < 1.29 is 9.47 Å². The second-order valence-corrected chi connectivity index (χ2v) is 3.96. The molecule has 0 amide bonds. The Labute approximate surface area is 99.1 Å². The summed E-state index contributed by atoms with van der Waals surface area (Å²) in [5.74, 6) is 0.745. The summed E-state index contributed by atoms with van der Waals surface area (Å²) < 4.78 is 10.8. The number of anilines is 1. The third-order valence-corrected chi connectivity index (χ3v) is 2.51. The zero-order valence-electron chi connectivity index (χ0n) is 9.07. The first-order valence-corrected chi connectivity index (χ1v) is 5.56. The van der Waals surface area contributed by atoms with Crippen molar-refractivity contribution in [3.05, 3.63) is 17.0 Å². The average molecular weight is 244 g/mol. The van der Waals surface area contributed by atoms with Crippen LogP contribution < -0.4 is 5.32 Å². The van der Waals surface area contributed by atoms with E-state index < -0.39 is 0 Å². The first-order valence-electron chi connectivity index (χ1n) is 5.18.